The summed E-state index contributed by atoms with van der Waals surface area (Å²) in [6, 6.07) is 14.7. The lowest BCUT2D eigenvalue weighted by molar-refractivity contribution is 0.197. The Bertz CT molecular complexity index is 1140. The third-order valence-electron chi connectivity index (χ3n) is 5.73. The van der Waals surface area contributed by atoms with Crippen molar-refractivity contribution in [2.75, 3.05) is 31.5 Å². The van der Waals surface area contributed by atoms with Crippen molar-refractivity contribution in [2.24, 2.45) is 0 Å². The first kappa shape index (κ1) is 21.4. The van der Waals surface area contributed by atoms with Gasteiger partial charge in [-0.2, -0.15) is 0 Å². The van der Waals surface area contributed by atoms with Gasteiger partial charge >= 0.3 is 6.03 Å². The smallest absolute Gasteiger partial charge is 0.322 e. The number of urea groups is 1. The molecule has 6 nitrogen and oxygen atoms in total. The summed E-state index contributed by atoms with van der Waals surface area (Å²) in [6.07, 6.45) is 2.38. The zero-order valence-corrected chi connectivity index (χ0v) is 18.4. The molecule has 1 aliphatic rings. The number of rotatable bonds is 6. The molecule has 2 N–H and O–H groups in total. The van der Waals surface area contributed by atoms with E-state index in [2.05, 4.69) is 15.2 Å². The van der Waals surface area contributed by atoms with E-state index in [-0.39, 0.29) is 18.1 Å². The van der Waals surface area contributed by atoms with Crippen LogP contribution < -0.4 is 10.9 Å². The zero-order chi connectivity index (χ0) is 21.8. The van der Waals surface area contributed by atoms with E-state index in [1.54, 1.807) is 17.0 Å². The Hall–Kier alpha value is -2.83. The lowest BCUT2D eigenvalue weighted by Gasteiger charge is -2.26. The highest BCUT2D eigenvalue weighted by Crippen LogP contribution is 2.21. The molecule has 0 radical (unpaired) electrons. The van der Waals surface area contributed by atoms with Crippen molar-refractivity contribution in [3.8, 4) is 0 Å². The first-order chi connectivity index (χ1) is 15.0. The van der Waals surface area contributed by atoms with Gasteiger partial charge in [0.25, 0.3) is 5.56 Å². The highest BCUT2D eigenvalue weighted by Gasteiger charge is 2.20. The summed E-state index contributed by atoms with van der Waals surface area (Å²) in [5.74, 6) is 0. The first-order valence-electron chi connectivity index (χ1n) is 10.6. The number of benzene rings is 2. The van der Waals surface area contributed by atoms with Crippen LogP contribution in [0.2, 0.25) is 5.02 Å². The number of halogens is 1. The van der Waals surface area contributed by atoms with Crippen LogP contribution in [0.1, 0.15) is 24.0 Å². The Labute approximate surface area is 186 Å². The van der Waals surface area contributed by atoms with Crippen LogP contribution in [0.15, 0.2) is 53.3 Å². The minimum Gasteiger partial charge on any atom is -0.322 e. The SMILES string of the molecule is Cc1ccc2cc(CN(CCN3CCCC3)C(=O)Nc3ccccc3Cl)c(=O)[nH]c2c1. The molecular weight excluding hydrogens is 412 g/mol. The zero-order valence-electron chi connectivity index (χ0n) is 17.7. The highest BCUT2D eigenvalue weighted by atomic mass is 35.5. The quantitative estimate of drug-likeness (QED) is 0.590. The van der Waals surface area contributed by atoms with E-state index in [4.69, 9.17) is 11.6 Å². The van der Waals surface area contributed by atoms with Gasteiger partial charge in [-0.05, 0) is 68.1 Å². The van der Waals surface area contributed by atoms with Crippen molar-refractivity contribution >= 4 is 34.2 Å². The Kier molecular flexibility index (Phi) is 6.59. The number of pyridine rings is 1. The van der Waals surface area contributed by atoms with Crippen LogP contribution in [0.25, 0.3) is 10.9 Å². The van der Waals surface area contributed by atoms with Crippen LogP contribution in [0.3, 0.4) is 0 Å². The Morgan fingerprint density at radius 3 is 2.71 bits per heavy atom. The molecule has 1 aromatic heterocycles. The van der Waals surface area contributed by atoms with E-state index in [1.807, 2.05) is 43.3 Å². The predicted molar refractivity (Wildman–Crippen MR) is 126 cm³/mol. The summed E-state index contributed by atoms with van der Waals surface area (Å²) in [4.78, 5) is 32.8. The molecule has 7 heteroatoms. The fourth-order valence-corrected chi connectivity index (χ4v) is 4.14. The lowest BCUT2D eigenvalue weighted by Crippen LogP contribution is -2.41. The molecule has 1 fully saturated rings. The fourth-order valence-electron chi connectivity index (χ4n) is 3.96. The van der Waals surface area contributed by atoms with E-state index >= 15 is 0 Å². The largest absolute Gasteiger partial charge is 0.322 e. The van der Waals surface area contributed by atoms with Crippen molar-refractivity contribution in [1.29, 1.82) is 0 Å². The van der Waals surface area contributed by atoms with Gasteiger partial charge in [0.05, 0.1) is 17.3 Å². The van der Waals surface area contributed by atoms with Crippen molar-refractivity contribution in [3.05, 3.63) is 75.0 Å². The van der Waals surface area contributed by atoms with Crippen LogP contribution in [0.5, 0.6) is 0 Å². The lowest BCUT2D eigenvalue weighted by atomic mass is 10.1. The molecule has 2 amide bonds. The molecule has 1 saturated heterocycles. The van der Waals surface area contributed by atoms with Gasteiger partial charge in [0, 0.05) is 24.2 Å². The maximum atomic E-state index is 13.1. The minimum absolute atomic E-state index is 0.171. The molecule has 0 aliphatic carbocycles. The molecule has 2 aromatic carbocycles. The molecular formula is C24H27ClN4O2. The minimum atomic E-state index is -0.268. The molecule has 0 atom stereocenters. The second-order valence-electron chi connectivity index (χ2n) is 8.09. The topological polar surface area (TPSA) is 68.4 Å². The molecule has 1 aliphatic heterocycles. The van der Waals surface area contributed by atoms with Crippen LogP contribution in [0, 0.1) is 6.92 Å². The predicted octanol–water partition coefficient (Wildman–Crippen LogP) is 4.62. The van der Waals surface area contributed by atoms with E-state index in [9.17, 15) is 9.59 Å². The van der Waals surface area contributed by atoms with Gasteiger partial charge in [0.1, 0.15) is 0 Å². The summed E-state index contributed by atoms with van der Waals surface area (Å²) in [6.45, 7) is 5.63. The van der Waals surface area contributed by atoms with Crippen LogP contribution in [-0.4, -0.2) is 47.0 Å². The van der Waals surface area contributed by atoms with Gasteiger partial charge in [-0.25, -0.2) is 4.79 Å². The molecule has 0 unspecified atom stereocenters. The number of aryl methyl sites for hydroxylation is 1. The molecule has 31 heavy (non-hydrogen) atoms. The standard InChI is InChI=1S/C24H27ClN4O2/c1-17-8-9-18-15-19(23(30)26-22(18)14-17)16-29(13-12-28-10-4-5-11-28)24(31)27-21-7-3-2-6-20(21)25/h2-3,6-9,14-15H,4-5,10-13,16H2,1H3,(H,26,30)(H,27,31). The summed E-state index contributed by atoms with van der Waals surface area (Å²) < 4.78 is 0. The van der Waals surface area contributed by atoms with Gasteiger partial charge < -0.3 is 20.1 Å². The maximum Gasteiger partial charge on any atom is 0.322 e. The Morgan fingerprint density at radius 2 is 1.94 bits per heavy atom. The number of carbonyl (C=O) groups is 1. The number of hydrogen-bond acceptors (Lipinski definition) is 3. The number of nitrogens with zero attached hydrogens (tertiary/aromatic N) is 2. The van der Waals surface area contributed by atoms with Gasteiger partial charge in [-0.1, -0.05) is 35.9 Å². The van der Waals surface area contributed by atoms with Crippen LogP contribution >= 0.6 is 11.6 Å². The number of nitrogens with one attached hydrogen (secondary N) is 2. The molecule has 4 rings (SSSR count). The molecule has 0 bridgehead atoms. The number of anilines is 1. The number of aromatic amines is 1. The normalized spacial score (nSPS) is 14.1. The third kappa shape index (κ3) is 5.27. The molecule has 0 saturated carbocycles. The fraction of sp³-hybridized carbons (Fsp3) is 0.333. The number of hydrogen-bond donors (Lipinski definition) is 2. The van der Waals surface area contributed by atoms with Gasteiger partial charge in [-0.3, -0.25) is 4.79 Å². The van der Waals surface area contributed by atoms with Crippen molar-refractivity contribution in [3.63, 3.8) is 0 Å². The number of aromatic nitrogens is 1. The number of amides is 2. The number of likely N-dealkylation sites (tertiary alicyclic amines) is 1. The first-order valence-corrected chi connectivity index (χ1v) is 11.0. The average molecular weight is 439 g/mol. The molecule has 3 aromatic rings. The molecule has 162 valence electrons. The Morgan fingerprint density at radius 1 is 1.16 bits per heavy atom. The summed E-state index contributed by atoms with van der Waals surface area (Å²) in [7, 11) is 0. The third-order valence-corrected chi connectivity index (χ3v) is 6.06. The Balaban J connectivity index is 1.57. The van der Waals surface area contributed by atoms with Gasteiger partial charge in [0.15, 0.2) is 0 Å². The molecule has 2 heterocycles. The number of carbonyl (C=O) groups excluding carboxylic acids is 1. The second kappa shape index (κ2) is 9.54. The van der Waals surface area contributed by atoms with E-state index in [0.29, 0.717) is 22.8 Å². The summed E-state index contributed by atoms with van der Waals surface area (Å²) in [5, 5.41) is 4.33. The molecule has 0 spiro atoms. The summed E-state index contributed by atoms with van der Waals surface area (Å²) in [5.41, 5.74) is 2.84. The van der Waals surface area contributed by atoms with Crippen molar-refractivity contribution in [2.45, 2.75) is 26.3 Å². The second-order valence-corrected chi connectivity index (χ2v) is 8.50. The number of H-pyrrole nitrogens is 1. The van der Waals surface area contributed by atoms with E-state index in [1.165, 1.54) is 12.8 Å². The van der Waals surface area contributed by atoms with Gasteiger partial charge in [-0.15, -0.1) is 0 Å². The average Bonchev–Trinajstić information content (AvgIpc) is 3.26. The van der Waals surface area contributed by atoms with Gasteiger partial charge in [0.2, 0.25) is 0 Å². The summed E-state index contributed by atoms with van der Waals surface area (Å²) >= 11 is 6.22. The van der Waals surface area contributed by atoms with Crippen LogP contribution in [0.4, 0.5) is 10.5 Å². The van der Waals surface area contributed by atoms with Crippen molar-refractivity contribution < 1.29 is 4.79 Å². The number of para-hydroxylation sites is 1. The van der Waals surface area contributed by atoms with Crippen LogP contribution in [-0.2, 0) is 6.54 Å². The highest BCUT2D eigenvalue weighted by molar-refractivity contribution is 6.33. The maximum absolute atomic E-state index is 13.1. The monoisotopic (exact) mass is 438 g/mol. The van der Waals surface area contributed by atoms with E-state index < -0.39 is 0 Å². The number of fused-ring (bicyclic) bond motifs is 1. The van der Waals surface area contributed by atoms with E-state index in [0.717, 1.165) is 36.1 Å². The van der Waals surface area contributed by atoms with Crippen molar-refractivity contribution in [1.82, 2.24) is 14.8 Å².